The molecule has 25 heavy (non-hydrogen) atoms. The summed E-state index contributed by atoms with van der Waals surface area (Å²) >= 11 is 0. The van der Waals surface area contributed by atoms with Gasteiger partial charge in [-0.1, -0.05) is 24.6 Å². The van der Waals surface area contributed by atoms with Crippen LogP contribution in [0.4, 0.5) is 0 Å². The summed E-state index contributed by atoms with van der Waals surface area (Å²) in [4.78, 5) is 4.76. The van der Waals surface area contributed by atoms with E-state index in [0.29, 0.717) is 17.9 Å². The van der Waals surface area contributed by atoms with Gasteiger partial charge in [-0.2, -0.15) is 0 Å². The van der Waals surface area contributed by atoms with Crippen LogP contribution in [0.1, 0.15) is 24.5 Å². The predicted octanol–water partition coefficient (Wildman–Crippen LogP) is 3.28. The van der Waals surface area contributed by atoms with E-state index in [1.165, 1.54) is 0 Å². The summed E-state index contributed by atoms with van der Waals surface area (Å²) in [6, 6.07) is 10.8. The largest absolute Gasteiger partial charge is 0.332 e. The van der Waals surface area contributed by atoms with Crippen molar-refractivity contribution in [3.05, 3.63) is 59.9 Å². The van der Waals surface area contributed by atoms with Crippen LogP contribution < -0.4 is 4.72 Å². The van der Waals surface area contributed by atoms with Crippen LogP contribution >= 0.6 is 0 Å². The number of hydrogen-bond donors (Lipinski definition) is 1. The third-order valence-electron chi connectivity index (χ3n) is 4.20. The normalized spacial score (nSPS) is 11.9. The minimum Gasteiger partial charge on any atom is -0.332 e. The SMILES string of the molecule is CCCn1cc(CCNS(=O)(=O)c2ccc(C)cc2)c2cccnc21. The smallest absolute Gasteiger partial charge is 0.240 e. The molecule has 0 amide bonds. The Morgan fingerprint density at radius 1 is 1.16 bits per heavy atom. The fraction of sp³-hybridized carbons (Fsp3) is 0.316. The number of benzene rings is 1. The van der Waals surface area contributed by atoms with Crippen LogP contribution in [0.3, 0.4) is 0 Å². The summed E-state index contributed by atoms with van der Waals surface area (Å²) < 4.78 is 29.6. The molecule has 1 aromatic carbocycles. The Labute approximate surface area is 148 Å². The molecule has 0 spiro atoms. The van der Waals surface area contributed by atoms with Gasteiger partial charge in [-0.25, -0.2) is 18.1 Å². The van der Waals surface area contributed by atoms with Crippen molar-refractivity contribution in [3.63, 3.8) is 0 Å². The fourth-order valence-electron chi connectivity index (χ4n) is 2.93. The maximum Gasteiger partial charge on any atom is 0.240 e. The van der Waals surface area contributed by atoms with Gasteiger partial charge in [0.05, 0.1) is 4.90 Å². The summed E-state index contributed by atoms with van der Waals surface area (Å²) in [6.45, 7) is 5.33. The third-order valence-corrected chi connectivity index (χ3v) is 5.68. The van der Waals surface area contributed by atoms with E-state index in [4.69, 9.17) is 0 Å². The monoisotopic (exact) mass is 357 g/mol. The van der Waals surface area contributed by atoms with E-state index in [0.717, 1.165) is 35.1 Å². The first-order valence-electron chi connectivity index (χ1n) is 8.50. The van der Waals surface area contributed by atoms with Gasteiger partial charge in [-0.15, -0.1) is 0 Å². The van der Waals surface area contributed by atoms with Crippen LogP contribution in [0.2, 0.25) is 0 Å². The van der Waals surface area contributed by atoms with Crippen molar-refractivity contribution < 1.29 is 8.42 Å². The molecule has 5 nitrogen and oxygen atoms in total. The first kappa shape index (κ1) is 17.6. The number of nitrogens with one attached hydrogen (secondary N) is 1. The minimum absolute atomic E-state index is 0.299. The zero-order valence-electron chi connectivity index (χ0n) is 14.6. The zero-order valence-corrected chi connectivity index (χ0v) is 15.4. The fourth-order valence-corrected chi connectivity index (χ4v) is 3.96. The van der Waals surface area contributed by atoms with Gasteiger partial charge in [0.2, 0.25) is 10.0 Å². The molecular weight excluding hydrogens is 334 g/mol. The van der Waals surface area contributed by atoms with E-state index in [1.807, 2.05) is 19.1 Å². The number of rotatable bonds is 7. The molecule has 132 valence electrons. The van der Waals surface area contributed by atoms with E-state index in [9.17, 15) is 8.42 Å². The number of nitrogens with zero attached hydrogens (tertiary/aromatic N) is 2. The maximum absolute atomic E-state index is 12.4. The molecular formula is C19H23N3O2S. The van der Waals surface area contributed by atoms with Gasteiger partial charge in [0.25, 0.3) is 0 Å². The van der Waals surface area contributed by atoms with Gasteiger partial charge >= 0.3 is 0 Å². The molecule has 0 aliphatic heterocycles. The molecule has 0 aliphatic rings. The van der Waals surface area contributed by atoms with Crippen LogP contribution in [0.5, 0.6) is 0 Å². The van der Waals surface area contributed by atoms with Crippen molar-refractivity contribution in [2.24, 2.45) is 0 Å². The van der Waals surface area contributed by atoms with Crippen molar-refractivity contribution in [1.82, 2.24) is 14.3 Å². The minimum atomic E-state index is -3.48. The Morgan fingerprint density at radius 2 is 1.92 bits per heavy atom. The highest BCUT2D eigenvalue weighted by atomic mass is 32.2. The highest BCUT2D eigenvalue weighted by Crippen LogP contribution is 2.20. The van der Waals surface area contributed by atoms with Crippen LogP contribution in [0, 0.1) is 6.92 Å². The Balaban J connectivity index is 1.74. The van der Waals surface area contributed by atoms with Crippen molar-refractivity contribution >= 4 is 21.1 Å². The van der Waals surface area contributed by atoms with Crippen molar-refractivity contribution in [2.45, 2.75) is 38.1 Å². The summed E-state index contributed by atoms with van der Waals surface area (Å²) in [7, 11) is -3.48. The zero-order chi connectivity index (χ0) is 17.9. The topological polar surface area (TPSA) is 64.0 Å². The lowest BCUT2D eigenvalue weighted by molar-refractivity contribution is 0.581. The molecule has 0 aliphatic carbocycles. The molecule has 0 radical (unpaired) electrons. The molecule has 1 N–H and O–H groups in total. The van der Waals surface area contributed by atoms with Crippen molar-refractivity contribution in [2.75, 3.05) is 6.54 Å². The van der Waals surface area contributed by atoms with Gasteiger partial charge < -0.3 is 4.57 Å². The number of aryl methyl sites for hydroxylation is 2. The Morgan fingerprint density at radius 3 is 2.64 bits per heavy atom. The number of hydrogen-bond acceptors (Lipinski definition) is 3. The average Bonchev–Trinajstić information content (AvgIpc) is 2.94. The molecule has 3 aromatic rings. The predicted molar refractivity (Wildman–Crippen MR) is 100 cm³/mol. The van der Waals surface area contributed by atoms with Crippen molar-refractivity contribution in [1.29, 1.82) is 0 Å². The second kappa shape index (κ2) is 7.37. The molecule has 6 heteroatoms. The van der Waals surface area contributed by atoms with Crippen LogP contribution in [0.15, 0.2) is 53.7 Å². The summed E-state index contributed by atoms with van der Waals surface area (Å²) in [6.07, 6.45) is 5.53. The van der Waals surface area contributed by atoms with Crippen molar-refractivity contribution in [3.8, 4) is 0 Å². The lowest BCUT2D eigenvalue weighted by Crippen LogP contribution is -2.25. The van der Waals surface area contributed by atoms with Gasteiger partial charge in [-0.05, 0) is 49.6 Å². The van der Waals surface area contributed by atoms with Crippen LogP contribution in [-0.2, 0) is 23.0 Å². The number of fused-ring (bicyclic) bond motifs is 1. The molecule has 2 heterocycles. The van der Waals surface area contributed by atoms with Crippen LogP contribution in [0.25, 0.3) is 11.0 Å². The highest BCUT2D eigenvalue weighted by molar-refractivity contribution is 7.89. The molecule has 0 saturated carbocycles. The first-order chi connectivity index (χ1) is 12.0. The quantitative estimate of drug-likeness (QED) is 0.706. The van der Waals surface area contributed by atoms with E-state index in [1.54, 1.807) is 30.5 Å². The van der Waals surface area contributed by atoms with E-state index >= 15 is 0 Å². The number of sulfonamides is 1. The second-order valence-corrected chi connectivity index (χ2v) is 7.95. The summed E-state index contributed by atoms with van der Waals surface area (Å²) in [5.41, 5.74) is 3.11. The molecule has 0 bridgehead atoms. The highest BCUT2D eigenvalue weighted by Gasteiger charge is 2.14. The van der Waals surface area contributed by atoms with Gasteiger partial charge in [0.15, 0.2) is 0 Å². The molecule has 3 rings (SSSR count). The first-order valence-corrected chi connectivity index (χ1v) is 9.98. The van der Waals surface area contributed by atoms with E-state index in [-0.39, 0.29) is 0 Å². The molecule has 2 aromatic heterocycles. The third kappa shape index (κ3) is 3.91. The molecule has 0 saturated heterocycles. The average molecular weight is 357 g/mol. The molecule has 0 unspecified atom stereocenters. The lowest BCUT2D eigenvalue weighted by Gasteiger charge is -2.06. The Kier molecular flexibility index (Phi) is 5.20. The van der Waals surface area contributed by atoms with Gasteiger partial charge in [0.1, 0.15) is 5.65 Å². The van der Waals surface area contributed by atoms with E-state index < -0.39 is 10.0 Å². The Hall–Kier alpha value is -2.18. The summed E-state index contributed by atoms with van der Waals surface area (Å²) in [5.74, 6) is 0. The standard InChI is InChI=1S/C19H23N3O2S/c1-3-13-22-14-16(18-5-4-11-20-19(18)22)10-12-21-25(23,24)17-8-6-15(2)7-9-17/h4-9,11,14,21H,3,10,12-13H2,1-2H3. The molecule has 0 fully saturated rings. The molecule has 0 atom stereocenters. The van der Waals surface area contributed by atoms with E-state index in [2.05, 4.69) is 27.4 Å². The maximum atomic E-state index is 12.4. The lowest BCUT2D eigenvalue weighted by atomic mass is 10.2. The van der Waals surface area contributed by atoms with Gasteiger partial charge in [0, 0.05) is 30.9 Å². The van der Waals surface area contributed by atoms with Gasteiger partial charge in [-0.3, -0.25) is 0 Å². The summed E-state index contributed by atoms with van der Waals surface area (Å²) in [5, 5.41) is 1.09. The Bertz CT molecular complexity index is 960. The second-order valence-electron chi connectivity index (χ2n) is 6.18. The van der Waals surface area contributed by atoms with Crippen LogP contribution in [-0.4, -0.2) is 24.5 Å². The number of pyridine rings is 1. The number of aromatic nitrogens is 2.